The van der Waals surface area contributed by atoms with E-state index in [0.29, 0.717) is 5.92 Å². The van der Waals surface area contributed by atoms with Gasteiger partial charge < -0.3 is 4.74 Å². The zero-order valence-electron chi connectivity index (χ0n) is 11.3. The fraction of sp³-hybridized carbons (Fsp3) is 0.467. The topological polar surface area (TPSA) is 38.7 Å². The first-order valence-corrected chi connectivity index (χ1v) is 7.10. The fourth-order valence-electron chi connectivity index (χ4n) is 2.39. The number of nitrogens with zero attached hydrogens (tertiary/aromatic N) is 1. The van der Waals surface area contributed by atoms with Crippen LogP contribution in [0.25, 0.3) is 0 Å². The molecule has 20 heavy (non-hydrogen) atoms. The van der Waals surface area contributed by atoms with Crippen molar-refractivity contribution in [2.24, 2.45) is 16.8 Å². The van der Waals surface area contributed by atoms with E-state index < -0.39 is 5.82 Å². The Morgan fingerprint density at radius 2 is 2.10 bits per heavy atom. The largest absolute Gasteiger partial charge is 0.426 e. The van der Waals surface area contributed by atoms with Crippen LogP contribution in [0, 0.1) is 17.7 Å². The lowest BCUT2D eigenvalue weighted by Crippen LogP contribution is -2.24. The van der Waals surface area contributed by atoms with Crippen LogP contribution in [0.2, 0.25) is 0 Å². The number of carbonyl (C=O) groups is 1. The molecule has 0 aromatic heterocycles. The van der Waals surface area contributed by atoms with E-state index in [1.165, 1.54) is 12.1 Å². The van der Waals surface area contributed by atoms with E-state index in [1.807, 2.05) is 0 Å². The van der Waals surface area contributed by atoms with Gasteiger partial charge in [-0.05, 0) is 56.0 Å². The summed E-state index contributed by atoms with van der Waals surface area (Å²) in [4.78, 5) is 15.6. The number of esters is 1. The highest BCUT2D eigenvalue weighted by atomic mass is 32.1. The highest BCUT2D eigenvalue weighted by Gasteiger charge is 2.26. The maximum absolute atomic E-state index is 13.6. The second-order valence-corrected chi connectivity index (χ2v) is 5.38. The molecule has 1 aliphatic rings. The van der Waals surface area contributed by atoms with Crippen LogP contribution in [0.1, 0.15) is 32.6 Å². The smallest absolute Gasteiger partial charge is 0.314 e. The van der Waals surface area contributed by atoms with Crippen LogP contribution in [0.4, 0.5) is 10.1 Å². The molecule has 1 saturated carbocycles. The van der Waals surface area contributed by atoms with Crippen LogP contribution in [-0.2, 0) is 4.79 Å². The zero-order valence-corrected chi connectivity index (χ0v) is 12.1. The molecule has 5 heteroatoms. The molecule has 0 N–H and O–H groups in total. The van der Waals surface area contributed by atoms with Crippen molar-refractivity contribution in [2.45, 2.75) is 32.6 Å². The molecular weight excluding hydrogens is 277 g/mol. The molecule has 0 atom stereocenters. The molecule has 2 rings (SSSR count). The first-order valence-electron chi connectivity index (χ1n) is 6.69. The minimum Gasteiger partial charge on any atom is -0.426 e. The lowest BCUT2D eigenvalue weighted by Gasteiger charge is -2.24. The maximum Gasteiger partial charge on any atom is 0.314 e. The lowest BCUT2D eigenvalue weighted by molar-refractivity contribution is -0.140. The Kier molecular flexibility index (Phi) is 4.99. The summed E-state index contributed by atoms with van der Waals surface area (Å²) in [5, 5.41) is 2.10. The van der Waals surface area contributed by atoms with E-state index in [4.69, 9.17) is 4.74 Å². The predicted octanol–water partition coefficient (Wildman–Crippen LogP) is 4.29. The molecule has 0 aliphatic heterocycles. The number of thiocarbonyl (C=S) groups is 1. The number of isothiocyanates is 1. The molecule has 1 aromatic rings. The van der Waals surface area contributed by atoms with Crippen molar-refractivity contribution in [1.29, 1.82) is 0 Å². The first kappa shape index (κ1) is 14.8. The van der Waals surface area contributed by atoms with E-state index in [2.05, 4.69) is 29.3 Å². The Bertz CT molecular complexity index is 547. The van der Waals surface area contributed by atoms with Gasteiger partial charge in [0.1, 0.15) is 11.4 Å². The van der Waals surface area contributed by atoms with Crippen molar-refractivity contribution in [2.75, 3.05) is 0 Å². The fourth-order valence-corrected chi connectivity index (χ4v) is 2.48. The van der Waals surface area contributed by atoms with Crippen molar-refractivity contribution >= 4 is 29.0 Å². The predicted molar refractivity (Wildman–Crippen MR) is 77.8 cm³/mol. The molecule has 0 heterocycles. The number of ether oxygens (including phenoxy) is 1. The Labute approximate surface area is 122 Å². The Morgan fingerprint density at radius 1 is 1.40 bits per heavy atom. The SMILES string of the molecule is CC1CCC(C(=O)Oc2ccc(N=C=S)c(F)c2)CC1. The molecule has 1 aliphatic carbocycles. The Morgan fingerprint density at radius 3 is 2.70 bits per heavy atom. The second kappa shape index (κ2) is 6.73. The third kappa shape index (κ3) is 3.71. The summed E-state index contributed by atoms with van der Waals surface area (Å²) in [7, 11) is 0. The van der Waals surface area contributed by atoms with Gasteiger partial charge in [0.05, 0.1) is 11.1 Å². The normalized spacial score (nSPS) is 21.9. The highest BCUT2D eigenvalue weighted by Crippen LogP contribution is 2.30. The average molecular weight is 293 g/mol. The summed E-state index contributed by atoms with van der Waals surface area (Å²) in [6, 6.07) is 4.08. The van der Waals surface area contributed by atoms with Gasteiger partial charge in [0.2, 0.25) is 0 Å². The molecule has 106 valence electrons. The second-order valence-electron chi connectivity index (χ2n) is 5.19. The summed E-state index contributed by atoms with van der Waals surface area (Å²) in [6.45, 7) is 2.19. The van der Waals surface area contributed by atoms with Crippen molar-refractivity contribution in [1.82, 2.24) is 0 Å². The van der Waals surface area contributed by atoms with E-state index in [0.717, 1.165) is 31.7 Å². The average Bonchev–Trinajstić information content (AvgIpc) is 2.42. The van der Waals surface area contributed by atoms with E-state index in [1.54, 1.807) is 0 Å². The monoisotopic (exact) mass is 293 g/mol. The molecule has 1 aromatic carbocycles. The summed E-state index contributed by atoms with van der Waals surface area (Å²) >= 11 is 4.42. The number of aliphatic imine (C=N–C) groups is 1. The maximum atomic E-state index is 13.6. The van der Waals surface area contributed by atoms with E-state index >= 15 is 0 Å². The van der Waals surface area contributed by atoms with Gasteiger partial charge in [0.25, 0.3) is 0 Å². The van der Waals surface area contributed by atoms with Gasteiger partial charge in [-0.25, -0.2) is 4.39 Å². The van der Waals surface area contributed by atoms with Crippen molar-refractivity contribution < 1.29 is 13.9 Å². The summed E-state index contributed by atoms with van der Waals surface area (Å²) in [6.07, 6.45) is 3.76. The van der Waals surface area contributed by atoms with Gasteiger partial charge in [0.15, 0.2) is 5.82 Å². The van der Waals surface area contributed by atoms with Crippen LogP contribution < -0.4 is 4.74 Å². The number of halogens is 1. The molecule has 0 bridgehead atoms. The van der Waals surface area contributed by atoms with Gasteiger partial charge in [-0.2, -0.15) is 4.99 Å². The molecule has 0 radical (unpaired) electrons. The molecule has 1 fully saturated rings. The Hall–Kier alpha value is -1.58. The standard InChI is InChI=1S/C15H16FNO2S/c1-10-2-4-11(5-3-10)15(18)19-12-6-7-14(17-9-20)13(16)8-12/h6-8,10-11H,2-5H2,1H3. The third-order valence-electron chi connectivity index (χ3n) is 3.65. The first-order chi connectivity index (χ1) is 9.60. The van der Waals surface area contributed by atoms with Gasteiger partial charge in [-0.1, -0.05) is 6.92 Å². The minimum atomic E-state index is -0.579. The lowest BCUT2D eigenvalue weighted by atomic mass is 9.83. The van der Waals surface area contributed by atoms with Gasteiger partial charge in [0, 0.05) is 6.07 Å². The van der Waals surface area contributed by atoms with Crippen LogP contribution in [0.3, 0.4) is 0 Å². The highest BCUT2D eigenvalue weighted by molar-refractivity contribution is 7.78. The van der Waals surface area contributed by atoms with Crippen LogP contribution >= 0.6 is 12.2 Å². The van der Waals surface area contributed by atoms with Crippen molar-refractivity contribution in [3.05, 3.63) is 24.0 Å². The van der Waals surface area contributed by atoms with Crippen molar-refractivity contribution in [3.63, 3.8) is 0 Å². The quantitative estimate of drug-likeness (QED) is 0.361. The van der Waals surface area contributed by atoms with Crippen LogP contribution in [-0.4, -0.2) is 11.1 Å². The molecule has 3 nitrogen and oxygen atoms in total. The van der Waals surface area contributed by atoms with Crippen molar-refractivity contribution in [3.8, 4) is 5.75 Å². The molecule has 0 amide bonds. The van der Waals surface area contributed by atoms with Gasteiger partial charge >= 0.3 is 5.97 Å². The van der Waals surface area contributed by atoms with Crippen LogP contribution in [0.5, 0.6) is 5.75 Å². The Balaban J connectivity index is 2.01. The number of benzene rings is 1. The number of hydrogen-bond donors (Lipinski definition) is 0. The summed E-state index contributed by atoms with van der Waals surface area (Å²) < 4.78 is 18.8. The van der Waals surface area contributed by atoms with Gasteiger partial charge in [-0.3, -0.25) is 4.79 Å². The van der Waals surface area contributed by atoms with E-state index in [9.17, 15) is 9.18 Å². The molecular formula is C15H16FNO2S. The minimum absolute atomic E-state index is 0.0760. The zero-order chi connectivity index (χ0) is 14.5. The number of rotatable bonds is 3. The summed E-state index contributed by atoms with van der Waals surface area (Å²) in [5.74, 6) is -0.0574. The third-order valence-corrected chi connectivity index (χ3v) is 3.74. The molecule has 0 unspecified atom stereocenters. The number of carbonyl (C=O) groups excluding carboxylic acids is 1. The van der Waals surface area contributed by atoms with E-state index in [-0.39, 0.29) is 23.3 Å². The van der Waals surface area contributed by atoms with Gasteiger partial charge in [-0.15, -0.1) is 0 Å². The molecule has 0 spiro atoms. The summed E-state index contributed by atoms with van der Waals surface area (Å²) in [5.41, 5.74) is 0.0892. The van der Waals surface area contributed by atoms with Crippen LogP contribution in [0.15, 0.2) is 23.2 Å². The molecule has 0 saturated heterocycles. The number of hydrogen-bond acceptors (Lipinski definition) is 4.